The van der Waals surface area contributed by atoms with Crippen molar-refractivity contribution in [3.05, 3.63) is 66.8 Å². The van der Waals surface area contributed by atoms with Crippen molar-refractivity contribution in [3.63, 3.8) is 0 Å². The van der Waals surface area contributed by atoms with Gasteiger partial charge in [0.15, 0.2) is 5.76 Å². The number of nitrogens with zero attached hydrogens (tertiary/aromatic N) is 3. The lowest BCUT2D eigenvalue weighted by molar-refractivity contribution is -0.117. The van der Waals surface area contributed by atoms with E-state index < -0.39 is 0 Å². The molecule has 4 aromatic rings. The second-order valence-corrected chi connectivity index (χ2v) is 8.09. The van der Waals surface area contributed by atoms with Crippen molar-refractivity contribution in [2.45, 2.75) is 12.8 Å². The Hall–Kier alpha value is -4.04. The second kappa shape index (κ2) is 9.44. The van der Waals surface area contributed by atoms with E-state index in [0.717, 1.165) is 46.3 Å². The van der Waals surface area contributed by atoms with Crippen LogP contribution in [0.25, 0.3) is 33.4 Å². The number of carbonyl (C=O) groups is 2. The molecule has 1 aromatic carbocycles. The highest BCUT2D eigenvalue weighted by atomic mass is 16.5. The van der Waals surface area contributed by atoms with Crippen molar-refractivity contribution in [2.75, 3.05) is 31.7 Å². The van der Waals surface area contributed by atoms with Crippen molar-refractivity contribution >= 4 is 28.6 Å². The molecular weight excluding hydrogens is 432 g/mol. The largest absolute Gasteiger partial charge is 0.433 e. The number of hydrogen-bond donors (Lipinski definition) is 1. The Labute approximate surface area is 196 Å². The zero-order valence-electron chi connectivity index (χ0n) is 18.8. The molecule has 2 amide bonds. The third-order valence-corrected chi connectivity index (χ3v) is 5.89. The molecule has 4 heterocycles. The van der Waals surface area contributed by atoms with E-state index in [9.17, 15) is 9.59 Å². The molecule has 0 spiro atoms. The number of pyridine rings is 2. The van der Waals surface area contributed by atoms with Crippen molar-refractivity contribution in [1.82, 2.24) is 15.3 Å². The van der Waals surface area contributed by atoms with Crippen LogP contribution in [0.3, 0.4) is 0 Å². The predicted octanol–water partition coefficient (Wildman–Crippen LogP) is 4.06. The van der Waals surface area contributed by atoms with Gasteiger partial charge in [-0.1, -0.05) is 12.1 Å². The minimum atomic E-state index is -0.315. The normalized spacial score (nSPS) is 13.6. The number of aromatic nitrogens is 2. The summed E-state index contributed by atoms with van der Waals surface area (Å²) in [6, 6.07) is 13.6. The smallest absolute Gasteiger partial charge is 0.287 e. The van der Waals surface area contributed by atoms with Crippen LogP contribution in [0.2, 0.25) is 0 Å². The molecule has 0 atom stereocenters. The Morgan fingerprint density at radius 3 is 2.71 bits per heavy atom. The van der Waals surface area contributed by atoms with Crippen LogP contribution in [0, 0.1) is 0 Å². The Bertz CT molecular complexity index is 1350. The lowest BCUT2D eigenvalue weighted by atomic mass is 10.0. The van der Waals surface area contributed by atoms with Crippen LogP contribution in [0.1, 0.15) is 23.4 Å². The first-order valence-corrected chi connectivity index (χ1v) is 11.2. The van der Waals surface area contributed by atoms with Crippen molar-refractivity contribution in [2.24, 2.45) is 0 Å². The first-order valence-electron chi connectivity index (χ1n) is 11.2. The summed E-state index contributed by atoms with van der Waals surface area (Å²) in [5.74, 6) is 0.0524. The van der Waals surface area contributed by atoms with Crippen LogP contribution in [0.15, 0.2) is 65.5 Å². The number of methoxy groups -OCH3 is 1. The minimum Gasteiger partial charge on any atom is -0.433 e. The Morgan fingerprint density at radius 1 is 1.12 bits per heavy atom. The highest BCUT2D eigenvalue weighted by Gasteiger charge is 2.21. The Balaban J connectivity index is 1.43. The van der Waals surface area contributed by atoms with Crippen LogP contribution < -0.4 is 10.2 Å². The number of fused-ring (bicyclic) bond motifs is 1. The average Bonchev–Trinajstić information content (AvgIpc) is 3.50. The molecule has 1 N–H and O–H groups in total. The maximum absolute atomic E-state index is 12.4. The molecule has 1 aliphatic heterocycles. The number of carbonyl (C=O) groups excluding carboxylic acids is 2. The summed E-state index contributed by atoms with van der Waals surface area (Å²) >= 11 is 0. The molecule has 8 heteroatoms. The van der Waals surface area contributed by atoms with Crippen LogP contribution >= 0.6 is 0 Å². The van der Waals surface area contributed by atoms with E-state index in [1.165, 1.54) is 0 Å². The van der Waals surface area contributed by atoms with Gasteiger partial charge in [-0.3, -0.25) is 14.6 Å². The molecule has 1 aliphatic rings. The van der Waals surface area contributed by atoms with Gasteiger partial charge in [0.2, 0.25) is 11.6 Å². The topological polar surface area (TPSA) is 97.6 Å². The Kier molecular flexibility index (Phi) is 6.05. The first kappa shape index (κ1) is 21.8. The van der Waals surface area contributed by atoms with Crippen molar-refractivity contribution < 1.29 is 18.7 Å². The second-order valence-electron chi connectivity index (χ2n) is 8.09. The quantitative estimate of drug-likeness (QED) is 0.421. The van der Waals surface area contributed by atoms with Crippen molar-refractivity contribution in [1.29, 1.82) is 0 Å². The monoisotopic (exact) mass is 456 g/mol. The lowest BCUT2D eigenvalue weighted by Gasteiger charge is -2.16. The maximum atomic E-state index is 12.4. The number of ether oxygens (including phenoxy) is 1. The molecule has 1 fully saturated rings. The zero-order chi connectivity index (χ0) is 23.5. The van der Waals surface area contributed by atoms with Crippen LogP contribution in [0.4, 0.5) is 5.69 Å². The number of furan rings is 1. The van der Waals surface area contributed by atoms with Gasteiger partial charge in [0.05, 0.1) is 6.61 Å². The van der Waals surface area contributed by atoms with E-state index in [1.54, 1.807) is 25.6 Å². The fourth-order valence-electron chi connectivity index (χ4n) is 4.16. The van der Waals surface area contributed by atoms with Crippen molar-refractivity contribution in [3.8, 4) is 22.3 Å². The van der Waals surface area contributed by atoms with E-state index >= 15 is 0 Å². The third kappa shape index (κ3) is 4.27. The number of nitrogens with one attached hydrogen (secondary N) is 1. The summed E-state index contributed by atoms with van der Waals surface area (Å²) in [4.78, 5) is 35.0. The molecule has 0 bridgehead atoms. The number of hydrogen-bond acceptors (Lipinski definition) is 6. The minimum absolute atomic E-state index is 0.171. The van der Waals surface area contributed by atoms with Gasteiger partial charge < -0.3 is 19.4 Å². The highest BCUT2D eigenvalue weighted by molar-refractivity contribution is 6.00. The molecule has 8 nitrogen and oxygen atoms in total. The van der Waals surface area contributed by atoms with Gasteiger partial charge in [-0.15, -0.1) is 0 Å². The summed E-state index contributed by atoms with van der Waals surface area (Å²) in [5.41, 5.74) is 5.01. The van der Waals surface area contributed by atoms with E-state index in [-0.39, 0.29) is 17.6 Å². The SMILES string of the molecule is COCCNC(=O)c1cc2c(-c3cncc(-c4ccc(N5CCCC5=O)cc4)c3)ccnc2o1. The molecule has 3 aromatic heterocycles. The zero-order valence-corrected chi connectivity index (χ0v) is 18.8. The summed E-state index contributed by atoms with van der Waals surface area (Å²) in [6.07, 6.45) is 6.75. The molecule has 34 heavy (non-hydrogen) atoms. The summed E-state index contributed by atoms with van der Waals surface area (Å²) < 4.78 is 10.7. The molecule has 0 aliphatic carbocycles. The fraction of sp³-hybridized carbons (Fsp3) is 0.231. The first-order chi connectivity index (χ1) is 16.6. The fourth-order valence-corrected chi connectivity index (χ4v) is 4.16. The number of amides is 2. The summed E-state index contributed by atoms with van der Waals surface area (Å²) in [7, 11) is 1.58. The van der Waals surface area contributed by atoms with Gasteiger partial charge in [-0.2, -0.15) is 0 Å². The lowest BCUT2D eigenvalue weighted by Crippen LogP contribution is -2.26. The van der Waals surface area contributed by atoms with Gasteiger partial charge in [0.1, 0.15) is 0 Å². The van der Waals surface area contributed by atoms with E-state index in [4.69, 9.17) is 9.15 Å². The predicted molar refractivity (Wildman–Crippen MR) is 128 cm³/mol. The molecule has 0 radical (unpaired) electrons. The van der Waals surface area contributed by atoms with Crippen LogP contribution in [-0.4, -0.2) is 48.6 Å². The van der Waals surface area contributed by atoms with Gasteiger partial charge >= 0.3 is 0 Å². The van der Waals surface area contributed by atoms with Gasteiger partial charge in [-0.05, 0) is 47.9 Å². The molecule has 0 saturated carbocycles. The molecule has 1 saturated heterocycles. The van der Waals surface area contributed by atoms with Gasteiger partial charge in [-0.25, -0.2) is 4.98 Å². The van der Waals surface area contributed by atoms with E-state index in [2.05, 4.69) is 15.3 Å². The molecule has 0 unspecified atom stereocenters. The standard InChI is InChI=1S/C26H24N4O4/c1-33-12-10-28-25(32)23-14-22-21(8-9-29-26(22)34-23)19-13-18(15-27-16-19)17-4-6-20(7-5-17)30-11-2-3-24(30)31/h4-9,13-16H,2-3,10-12H2,1H3,(H,28,32). The van der Waals surface area contributed by atoms with Crippen LogP contribution in [0.5, 0.6) is 0 Å². The third-order valence-electron chi connectivity index (χ3n) is 5.89. The Morgan fingerprint density at radius 2 is 1.94 bits per heavy atom. The molecule has 5 rings (SSSR count). The summed E-state index contributed by atoms with van der Waals surface area (Å²) in [5, 5.41) is 3.49. The summed E-state index contributed by atoms with van der Waals surface area (Å²) in [6.45, 7) is 1.58. The highest BCUT2D eigenvalue weighted by Crippen LogP contribution is 2.32. The van der Waals surface area contributed by atoms with Gasteiger partial charge in [0, 0.05) is 67.4 Å². The molecular formula is C26H24N4O4. The average molecular weight is 457 g/mol. The van der Waals surface area contributed by atoms with E-state index in [0.29, 0.717) is 25.3 Å². The maximum Gasteiger partial charge on any atom is 0.287 e. The molecule has 172 valence electrons. The van der Waals surface area contributed by atoms with Gasteiger partial charge in [0.25, 0.3) is 5.91 Å². The number of rotatable bonds is 7. The van der Waals surface area contributed by atoms with E-state index in [1.807, 2.05) is 47.5 Å². The number of anilines is 1. The number of benzene rings is 1. The van der Waals surface area contributed by atoms with Crippen LogP contribution in [-0.2, 0) is 9.53 Å².